The fourth-order valence-electron chi connectivity index (χ4n) is 3.22. The number of likely N-dealkylation sites (tertiary alicyclic amines) is 1. The van der Waals surface area contributed by atoms with Crippen LogP contribution in [0.15, 0.2) is 59.5 Å². The minimum Gasteiger partial charge on any atom is -0.492 e. The van der Waals surface area contributed by atoms with Crippen LogP contribution < -0.4 is 9.46 Å². The molecule has 1 N–H and O–H groups in total. The molecule has 5 nitrogen and oxygen atoms in total. The first-order valence-electron chi connectivity index (χ1n) is 9.34. The molecule has 0 spiro atoms. The molecule has 3 rings (SSSR count). The van der Waals surface area contributed by atoms with Crippen LogP contribution in [-0.4, -0.2) is 45.6 Å². The summed E-state index contributed by atoms with van der Waals surface area (Å²) < 4.78 is 71.2. The van der Waals surface area contributed by atoms with Gasteiger partial charge in [0.1, 0.15) is 12.4 Å². The molecule has 0 radical (unpaired) electrons. The summed E-state index contributed by atoms with van der Waals surface area (Å²) in [7, 11) is -3.53. The van der Waals surface area contributed by atoms with Crippen LogP contribution in [0.3, 0.4) is 0 Å². The number of hydrogen-bond acceptors (Lipinski definition) is 4. The number of benzene rings is 2. The second kappa shape index (κ2) is 9.15. The van der Waals surface area contributed by atoms with Gasteiger partial charge in [-0.25, -0.2) is 13.1 Å². The van der Waals surface area contributed by atoms with E-state index >= 15 is 0 Å². The summed E-state index contributed by atoms with van der Waals surface area (Å²) in [5, 5.41) is 0. The van der Waals surface area contributed by atoms with E-state index < -0.39 is 21.8 Å². The van der Waals surface area contributed by atoms with Crippen molar-refractivity contribution in [2.75, 3.05) is 26.2 Å². The molecule has 0 unspecified atom stereocenters. The van der Waals surface area contributed by atoms with E-state index in [-0.39, 0.29) is 23.3 Å². The summed E-state index contributed by atoms with van der Waals surface area (Å²) in [6.45, 7) is 2.21. The Hall–Kier alpha value is -2.10. The van der Waals surface area contributed by atoms with Gasteiger partial charge in [-0.05, 0) is 56.3 Å². The summed E-state index contributed by atoms with van der Waals surface area (Å²) in [6, 6.07) is 12.9. The molecule has 29 heavy (non-hydrogen) atoms. The molecule has 1 aliphatic heterocycles. The Morgan fingerprint density at radius 3 is 2.38 bits per heavy atom. The minimum absolute atomic E-state index is 0.138. The third kappa shape index (κ3) is 6.19. The molecule has 0 atom stereocenters. The third-order valence-corrected chi connectivity index (χ3v) is 6.34. The van der Waals surface area contributed by atoms with Crippen LogP contribution >= 0.6 is 0 Å². The van der Waals surface area contributed by atoms with Crippen molar-refractivity contribution < 1.29 is 26.3 Å². The SMILES string of the molecule is O=S(=O)(NC1CCN(CCOc2cccc(C(F)(F)F)c2)CC1)c1ccccc1. The number of nitrogens with zero attached hydrogens (tertiary/aromatic N) is 1. The van der Waals surface area contributed by atoms with E-state index in [9.17, 15) is 21.6 Å². The standard InChI is InChI=1S/C20H23F3N2O3S/c21-20(22,23)16-5-4-6-18(15-16)28-14-13-25-11-9-17(10-12-25)24-29(26,27)19-7-2-1-3-8-19/h1-8,15,17,24H,9-14H2. The van der Waals surface area contributed by atoms with Crippen LogP contribution in [0.1, 0.15) is 18.4 Å². The zero-order valence-electron chi connectivity index (χ0n) is 15.7. The lowest BCUT2D eigenvalue weighted by Gasteiger charge is -2.32. The van der Waals surface area contributed by atoms with E-state index in [1.165, 1.54) is 12.1 Å². The number of nitrogens with one attached hydrogen (secondary N) is 1. The van der Waals surface area contributed by atoms with Gasteiger partial charge in [-0.1, -0.05) is 24.3 Å². The van der Waals surface area contributed by atoms with Gasteiger partial charge in [0.15, 0.2) is 0 Å². The van der Waals surface area contributed by atoms with E-state index in [1.807, 2.05) is 0 Å². The van der Waals surface area contributed by atoms with E-state index in [0.717, 1.165) is 12.1 Å². The van der Waals surface area contributed by atoms with Gasteiger partial charge in [0, 0.05) is 12.6 Å². The summed E-state index contributed by atoms with van der Waals surface area (Å²) in [5.41, 5.74) is -0.735. The van der Waals surface area contributed by atoms with E-state index in [4.69, 9.17) is 4.74 Å². The van der Waals surface area contributed by atoms with Crippen LogP contribution in [0.25, 0.3) is 0 Å². The van der Waals surface area contributed by atoms with Gasteiger partial charge in [0.05, 0.1) is 10.5 Å². The first-order valence-corrected chi connectivity index (χ1v) is 10.8. The lowest BCUT2D eigenvalue weighted by molar-refractivity contribution is -0.137. The van der Waals surface area contributed by atoms with Gasteiger partial charge in [-0.15, -0.1) is 0 Å². The Morgan fingerprint density at radius 1 is 1.03 bits per heavy atom. The zero-order chi connectivity index (χ0) is 20.9. The van der Waals surface area contributed by atoms with Crippen LogP contribution in [0, 0.1) is 0 Å². The second-order valence-electron chi connectivity index (χ2n) is 6.92. The highest BCUT2D eigenvalue weighted by Crippen LogP contribution is 2.31. The highest BCUT2D eigenvalue weighted by atomic mass is 32.2. The smallest absolute Gasteiger partial charge is 0.416 e. The molecule has 0 aliphatic carbocycles. The topological polar surface area (TPSA) is 58.6 Å². The lowest BCUT2D eigenvalue weighted by atomic mass is 10.1. The molecule has 9 heteroatoms. The van der Waals surface area contributed by atoms with Gasteiger partial charge < -0.3 is 4.74 Å². The normalized spacial score (nSPS) is 16.7. The van der Waals surface area contributed by atoms with Gasteiger partial charge in [0.25, 0.3) is 0 Å². The maximum atomic E-state index is 12.7. The first-order chi connectivity index (χ1) is 13.7. The van der Waals surface area contributed by atoms with Crippen LogP contribution in [0.2, 0.25) is 0 Å². The van der Waals surface area contributed by atoms with Gasteiger partial charge >= 0.3 is 6.18 Å². The first kappa shape index (κ1) is 21.6. The fourth-order valence-corrected chi connectivity index (χ4v) is 4.54. The third-order valence-electron chi connectivity index (χ3n) is 4.80. The van der Waals surface area contributed by atoms with Crippen molar-refractivity contribution in [2.24, 2.45) is 0 Å². The minimum atomic E-state index is -4.39. The van der Waals surface area contributed by atoms with Gasteiger partial charge in [0.2, 0.25) is 10.0 Å². The molecule has 2 aromatic carbocycles. The predicted octanol–water partition coefficient (Wildman–Crippen LogP) is 3.53. The molecule has 0 aromatic heterocycles. The average Bonchev–Trinajstić information content (AvgIpc) is 2.69. The molecule has 1 fully saturated rings. The molecular formula is C20H23F3N2O3S. The van der Waals surface area contributed by atoms with Crippen molar-refractivity contribution in [3.05, 3.63) is 60.2 Å². The Kier molecular flexibility index (Phi) is 6.81. The molecule has 0 bridgehead atoms. The lowest BCUT2D eigenvalue weighted by Crippen LogP contribution is -2.45. The van der Waals surface area contributed by atoms with Crippen molar-refractivity contribution in [3.63, 3.8) is 0 Å². The largest absolute Gasteiger partial charge is 0.492 e. The molecule has 0 saturated carbocycles. The summed E-state index contributed by atoms with van der Waals surface area (Å²) in [6.07, 6.45) is -3.07. The Bertz CT molecular complexity index is 897. The molecule has 158 valence electrons. The average molecular weight is 428 g/mol. The number of halogens is 3. The van der Waals surface area contributed by atoms with Crippen molar-refractivity contribution in [3.8, 4) is 5.75 Å². The molecule has 0 amide bonds. The molecule has 2 aromatic rings. The summed E-state index contributed by atoms with van der Waals surface area (Å²) >= 11 is 0. The van der Waals surface area contributed by atoms with Crippen molar-refractivity contribution in [1.29, 1.82) is 0 Å². The monoisotopic (exact) mass is 428 g/mol. The van der Waals surface area contributed by atoms with Crippen molar-refractivity contribution in [1.82, 2.24) is 9.62 Å². The predicted molar refractivity (Wildman–Crippen MR) is 103 cm³/mol. The summed E-state index contributed by atoms with van der Waals surface area (Å²) in [4.78, 5) is 2.36. The molecule has 1 saturated heterocycles. The van der Waals surface area contributed by atoms with Crippen molar-refractivity contribution >= 4 is 10.0 Å². The Labute approximate surface area is 168 Å². The van der Waals surface area contributed by atoms with E-state index in [1.54, 1.807) is 30.3 Å². The van der Waals surface area contributed by atoms with E-state index in [0.29, 0.717) is 32.5 Å². The van der Waals surface area contributed by atoms with Gasteiger partial charge in [-0.3, -0.25) is 4.90 Å². The Morgan fingerprint density at radius 2 is 1.72 bits per heavy atom. The fraction of sp³-hybridized carbons (Fsp3) is 0.400. The maximum Gasteiger partial charge on any atom is 0.416 e. The van der Waals surface area contributed by atoms with Crippen LogP contribution in [0.5, 0.6) is 5.75 Å². The Balaban J connectivity index is 1.43. The highest BCUT2D eigenvalue weighted by Gasteiger charge is 2.30. The molecular weight excluding hydrogens is 405 g/mol. The second-order valence-corrected chi connectivity index (χ2v) is 8.64. The van der Waals surface area contributed by atoms with Crippen LogP contribution in [0.4, 0.5) is 13.2 Å². The van der Waals surface area contributed by atoms with E-state index in [2.05, 4.69) is 9.62 Å². The highest BCUT2D eigenvalue weighted by molar-refractivity contribution is 7.89. The quantitative estimate of drug-likeness (QED) is 0.733. The zero-order valence-corrected chi connectivity index (χ0v) is 16.5. The number of hydrogen-bond donors (Lipinski definition) is 1. The number of piperidine rings is 1. The number of alkyl halides is 3. The van der Waals surface area contributed by atoms with Crippen LogP contribution in [-0.2, 0) is 16.2 Å². The summed E-state index contributed by atoms with van der Waals surface area (Å²) in [5.74, 6) is 0.185. The number of rotatable bonds is 7. The molecule has 1 aliphatic rings. The molecule has 1 heterocycles. The van der Waals surface area contributed by atoms with Crippen molar-refractivity contribution in [2.45, 2.75) is 30.0 Å². The maximum absolute atomic E-state index is 12.7. The number of ether oxygens (including phenoxy) is 1. The number of sulfonamides is 1. The van der Waals surface area contributed by atoms with Gasteiger partial charge in [-0.2, -0.15) is 13.2 Å².